The third-order valence-corrected chi connectivity index (χ3v) is 2.75. The Kier molecular flexibility index (Phi) is 3.12. The van der Waals surface area contributed by atoms with Crippen molar-refractivity contribution < 1.29 is 9.18 Å². The summed E-state index contributed by atoms with van der Waals surface area (Å²) in [6.07, 6.45) is 0. The van der Waals surface area contributed by atoms with Crippen LogP contribution in [-0.4, -0.2) is 10.5 Å². The second-order valence-electron chi connectivity index (χ2n) is 3.94. The molecular formula is C12H12FN3O2. The van der Waals surface area contributed by atoms with Crippen molar-refractivity contribution in [2.45, 2.75) is 13.5 Å². The summed E-state index contributed by atoms with van der Waals surface area (Å²) in [6, 6.07) is 5.60. The number of para-hydroxylation sites is 1. The molecule has 2 aromatic rings. The number of carbonyl (C=O) groups excluding carboxylic acids is 1. The van der Waals surface area contributed by atoms with E-state index in [1.54, 1.807) is 6.92 Å². The molecule has 0 bridgehead atoms. The predicted octanol–water partition coefficient (Wildman–Crippen LogP) is 0.439. The number of nitrogens with one attached hydrogen (secondary N) is 1. The molecule has 94 valence electrons. The molecule has 0 aliphatic heterocycles. The monoisotopic (exact) mass is 249 g/mol. The second-order valence-corrected chi connectivity index (χ2v) is 3.94. The molecule has 1 aromatic carbocycles. The van der Waals surface area contributed by atoms with Crippen molar-refractivity contribution in [3.8, 4) is 0 Å². The quantitative estimate of drug-likeness (QED) is 0.460. The van der Waals surface area contributed by atoms with E-state index >= 15 is 0 Å². The lowest BCUT2D eigenvalue weighted by molar-refractivity contribution is -0.121. The van der Waals surface area contributed by atoms with Gasteiger partial charge in [-0.15, -0.1) is 0 Å². The molecule has 1 amide bonds. The number of hydrogen-bond acceptors (Lipinski definition) is 3. The second kappa shape index (κ2) is 4.58. The van der Waals surface area contributed by atoms with E-state index in [9.17, 15) is 14.0 Å². The van der Waals surface area contributed by atoms with Crippen molar-refractivity contribution >= 4 is 16.8 Å². The smallest absolute Gasteiger partial charge is 0.253 e. The molecule has 1 aromatic heterocycles. The first-order valence-corrected chi connectivity index (χ1v) is 5.32. The van der Waals surface area contributed by atoms with Crippen LogP contribution >= 0.6 is 0 Å². The highest BCUT2D eigenvalue weighted by molar-refractivity contribution is 5.82. The van der Waals surface area contributed by atoms with E-state index in [4.69, 9.17) is 5.84 Å². The zero-order valence-corrected chi connectivity index (χ0v) is 9.74. The van der Waals surface area contributed by atoms with Crippen LogP contribution in [0.25, 0.3) is 10.9 Å². The predicted molar refractivity (Wildman–Crippen MR) is 65.2 cm³/mol. The van der Waals surface area contributed by atoms with Gasteiger partial charge in [-0.05, 0) is 19.1 Å². The summed E-state index contributed by atoms with van der Waals surface area (Å²) in [7, 11) is 0. The summed E-state index contributed by atoms with van der Waals surface area (Å²) in [6.45, 7) is 1.50. The summed E-state index contributed by atoms with van der Waals surface area (Å²) < 4.78 is 15.3. The van der Waals surface area contributed by atoms with Gasteiger partial charge >= 0.3 is 0 Å². The van der Waals surface area contributed by atoms with Crippen LogP contribution in [-0.2, 0) is 11.3 Å². The van der Waals surface area contributed by atoms with Crippen molar-refractivity contribution in [3.05, 3.63) is 46.0 Å². The van der Waals surface area contributed by atoms with Gasteiger partial charge in [0, 0.05) is 17.1 Å². The Hall–Kier alpha value is -2.21. The Morgan fingerprint density at radius 2 is 2.22 bits per heavy atom. The molecule has 0 aliphatic rings. The average Bonchev–Trinajstić information content (AvgIpc) is 2.34. The number of hydrogen-bond donors (Lipinski definition) is 2. The SMILES string of the molecule is Cc1cc(=O)c2cccc(F)c2n1CC(=O)NN. The van der Waals surface area contributed by atoms with Crippen LogP contribution in [0.15, 0.2) is 29.1 Å². The molecule has 0 spiro atoms. The minimum absolute atomic E-state index is 0.117. The van der Waals surface area contributed by atoms with Gasteiger partial charge in [-0.2, -0.15) is 0 Å². The Morgan fingerprint density at radius 1 is 1.50 bits per heavy atom. The fourth-order valence-electron chi connectivity index (χ4n) is 1.90. The topological polar surface area (TPSA) is 77.1 Å². The molecule has 0 aliphatic carbocycles. The Bertz CT molecular complexity index is 679. The molecule has 0 radical (unpaired) electrons. The fourth-order valence-corrected chi connectivity index (χ4v) is 1.90. The van der Waals surface area contributed by atoms with E-state index in [1.807, 2.05) is 5.43 Å². The average molecular weight is 249 g/mol. The number of pyridine rings is 1. The lowest BCUT2D eigenvalue weighted by Crippen LogP contribution is -2.34. The minimum Gasteiger partial charge on any atom is -0.333 e. The van der Waals surface area contributed by atoms with Crippen LogP contribution in [0.1, 0.15) is 5.69 Å². The van der Waals surface area contributed by atoms with Gasteiger partial charge in [-0.25, -0.2) is 10.2 Å². The first-order valence-electron chi connectivity index (χ1n) is 5.32. The maximum atomic E-state index is 13.8. The van der Waals surface area contributed by atoms with Crippen LogP contribution in [0.2, 0.25) is 0 Å². The Balaban J connectivity index is 2.79. The third-order valence-electron chi connectivity index (χ3n) is 2.75. The lowest BCUT2D eigenvalue weighted by atomic mass is 10.1. The zero-order valence-electron chi connectivity index (χ0n) is 9.74. The standard InChI is InChI=1S/C12H12FN3O2/c1-7-5-10(17)8-3-2-4-9(13)12(8)16(7)6-11(18)15-14/h2-5H,6,14H2,1H3,(H,15,18). The van der Waals surface area contributed by atoms with Gasteiger partial charge in [-0.3, -0.25) is 15.0 Å². The number of benzene rings is 1. The number of rotatable bonds is 2. The summed E-state index contributed by atoms with van der Waals surface area (Å²) in [5.41, 5.74) is 2.33. The molecule has 0 saturated heterocycles. The molecule has 1 heterocycles. The van der Waals surface area contributed by atoms with Crippen LogP contribution in [0.4, 0.5) is 4.39 Å². The molecule has 0 atom stereocenters. The molecule has 0 unspecified atom stereocenters. The fraction of sp³-hybridized carbons (Fsp3) is 0.167. The lowest BCUT2D eigenvalue weighted by Gasteiger charge is -2.14. The van der Waals surface area contributed by atoms with E-state index in [1.165, 1.54) is 28.8 Å². The normalized spacial score (nSPS) is 10.6. The number of aromatic nitrogens is 1. The first-order chi connectivity index (χ1) is 8.54. The number of amides is 1. The summed E-state index contributed by atoms with van der Waals surface area (Å²) in [4.78, 5) is 23.1. The maximum absolute atomic E-state index is 13.8. The zero-order chi connectivity index (χ0) is 13.3. The summed E-state index contributed by atoms with van der Waals surface area (Å²) in [5, 5.41) is 0.241. The number of fused-ring (bicyclic) bond motifs is 1. The summed E-state index contributed by atoms with van der Waals surface area (Å²) in [5.74, 6) is 4.00. The molecular weight excluding hydrogens is 237 g/mol. The van der Waals surface area contributed by atoms with Gasteiger partial charge in [0.15, 0.2) is 5.43 Å². The highest BCUT2D eigenvalue weighted by Gasteiger charge is 2.12. The van der Waals surface area contributed by atoms with E-state index in [2.05, 4.69) is 0 Å². The molecule has 3 N–H and O–H groups in total. The van der Waals surface area contributed by atoms with Crippen LogP contribution < -0.4 is 16.7 Å². The largest absolute Gasteiger partial charge is 0.333 e. The van der Waals surface area contributed by atoms with Gasteiger partial charge in [0.05, 0.1) is 5.52 Å². The molecule has 5 nitrogen and oxygen atoms in total. The van der Waals surface area contributed by atoms with Crippen LogP contribution in [0, 0.1) is 12.7 Å². The number of aryl methyl sites for hydroxylation is 1. The molecule has 18 heavy (non-hydrogen) atoms. The van der Waals surface area contributed by atoms with Gasteiger partial charge in [0.1, 0.15) is 12.4 Å². The van der Waals surface area contributed by atoms with Gasteiger partial charge in [0.2, 0.25) is 0 Å². The van der Waals surface area contributed by atoms with Crippen LogP contribution in [0.5, 0.6) is 0 Å². The Labute approximate surface area is 102 Å². The number of nitrogens with zero attached hydrogens (tertiary/aromatic N) is 1. The van der Waals surface area contributed by atoms with Gasteiger partial charge < -0.3 is 4.57 Å². The first kappa shape index (κ1) is 12.3. The van der Waals surface area contributed by atoms with Crippen molar-refractivity contribution in [3.63, 3.8) is 0 Å². The van der Waals surface area contributed by atoms with Gasteiger partial charge in [0.25, 0.3) is 5.91 Å². The van der Waals surface area contributed by atoms with Crippen molar-refractivity contribution in [2.24, 2.45) is 5.84 Å². The van der Waals surface area contributed by atoms with Crippen molar-refractivity contribution in [1.29, 1.82) is 0 Å². The minimum atomic E-state index is -0.543. The maximum Gasteiger partial charge on any atom is 0.253 e. The molecule has 0 fully saturated rings. The highest BCUT2D eigenvalue weighted by Crippen LogP contribution is 2.16. The van der Waals surface area contributed by atoms with Gasteiger partial charge in [-0.1, -0.05) is 6.07 Å². The van der Waals surface area contributed by atoms with E-state index in [0.717, 1.165) is 0 Å². The highest BCUT2D eigenvalue weighted by atomic mass is 19.1. The van der Waals surface area contributed by atoms with E-state index < -0.39 is 11.7 Å². The number of halogens is 1. The molecule has 2 rings (SSSR count). The van der Waals surface area contributed by atoms with Crippen LogP contribution in [0.3, 0.4) is 0 Å². The molecule has 0 saturated carbocycles. The number of carbonyl (C=O) groups is 1. The molecule has 6 heteroatoms. The van der Waals surface area contributed by atoms with E-state index in [0.29, 0.717) is 5.69 Å². The van der Waals surface area contributed by atoms with Crippen molar-refractivity contribution in [1.82, 2.24) is 9.99 Å². The summed E-state index contributed by atoms with van der Waals surface area (Å²) >= 11 is 0. The number of nitrogens with two attached hydrogens (primary N) is 1. The third kappa shape index (κ3) is 1.98. The van der Waals surface area contributed by atoms with Crippen molar-refractivity contribution in [2.75, 3.05) is 0 Å². The van der Waals surface area contributed by atoms with E-state index in [-0.39, 0.29) is 22.9 Å². The Morgan fingerprint density at radius 3 is 2.89 bits per heavy atom. The number of hydrazine groups is 1.